The molecule has 4 nitrogen and oxygen atoms in total. The number of amides is 1. The maximum absolute atomic E-state index is 12.8. The first-order valence-corrected chi connectivity index (χ1v) is 9.15. The zero-order valence-corrected chi connectivity index (χ0v) is 15.3. The Labute approximate surface area is 149 Å². The third-order valence-corrected chi connectivity index (χ3v) is 5.79. The van der Waals surface area contributed by atoms with Crippen molar-refractivity contribution in [3.63, 3.8) is 0 Å². The monoisotopic (exact) mass is 369 g/mol. The van der Waals surface area contributed by atoms with Crippen molar-refractivity contribution in [2.75, 3.05) is 7.05 Å². The van der Waals surface area contributed by atoms with Crippen LogP contribution in [0.1, 0.15) is 51.9 Å². The third kappa shape index (κ3) is 3.37. The minimum absolute atomic E-state index is 0.0450. The van der Waals surface area contributed by atoms with Gasteiger partial charge < -0.3 is 4.90 Å². The molecule has 1 amide bonds. The Kier molecular flexibility index (Phi) is 4.90. The molecule has 0 spiro atoms. The molecule has 2 heterocycles. The molecule has 0 saturated heterocycles. The van der Waals surface area contributed by atoms with E-state index in [9.17, 15) is 4.79 Å². The summed E-state index contributed by atoms with van der Waals surface area (Å²) in [6.45, 7) is 2.10. The minimum atomic E-state index is -0.168. The van der Waals surface area contributed by atoms with E-state index in [4.69, 9.17) is 23.2 Å². The van der Waals surface area contributed by atoms with Crippen molar-refractivity contribution in [1.29, 1.82) is 0 Å². The summed E-state index contributed by atoms with van der Waals surface area (Å²) in [5.41, 5.74) is 1.41. The maximum Gasteiger partial charge on any atom is 0.272 e. The number of pyridine rings is 1. The molecule has 1 unspecified atom stereocenters. The largest absolute Gasteiger partial charge is 0.332 e. The lowest BCUT2D eigenvalue weighted by atomic mass is 9.97. The van der Waals surface area contributed by atoms with Crippen LogP contribution in [0.3, 0.4) is 0 Å². The van der Waals surface area contributed by atoms with Gasteiger partial charge in [0.25, 0.3) is 5.91 Å². The van der Waals surface area contributed by atoms with Crippen molar-refractivity contribution in [2.45, 2.75) is 38.6 Å². The molecule has 0 aliphatic heterocycles. The summed E-state index contributed by atoms with van der Waals surface area (Å²) >= 11 is 13.6. The molecule has 1 aliphatic rings. The molecule has 0 aromatic carbocycles. The second-order valence-electron chi connectivity index (χ2n) is 5.59. The van der Waals surface area contributed by atoms with Crippen LogP contribution in [0.25, 0.3) is 0 Å². The van der Waals surface area contributed by atoms with Crippen molar-refractivity contribution in [2.24, 2.45) is 0 Å². The Morgan fingerprint density at radius 3 is 2.87 bits per heavy atom. The summed E-state index contributed by atoms with van der Waals surface area (Å²) < 4.78 is 0. The number of thiazole rings is 1. The fourth-order valence-corrected chi connectivity index (χ4v) is 4.57. The molecule has 23 heavy (non-hydrogen) atoms. The van der Waals surface area contributed by atoms with Gasteiger partial charge in [0, 0.05) is 12.1 Å². The quantitative estimate of drug-likeness (QED) is 0.745. The zero-order valence-electron chi connectivity index (χ0n) is 13.0. The van der Waals surface area contributed by atoms with E-state index in [1.165, 1.54) is 10.9 Å². The van der Waals surface area contributed by atoms with E-state index >= 15 is 0 Å². The van der Waals surface area contributed by atoms with Gasteiger partial charge in [0.2, 0.25) is 0 Å². The number of aryl methyl sites for hydroxylation is 2. The highest BCUT2D eigenvalue weighted by molar-refractivity contribution is 7.11. The second kappa shape index (κ2) is 6.75. The van der Waals surface area contributed by atoms with Crippen molar-refractivity contribution in [1.82, 2.24) is 14.9 Å². The number of carbonyl (C=O) groups excluding carboxylic acids is 1. The highest BCUT2D eigenvalue weighted by Gasteiger charge is 2.30. The van der Waals surface area contributed by atoms with E-state index in [1.807, 2.05) is 7.05 Å². The van der Waals surface area contributed by atoms with Crippen molar-refractivity contribution < 1.29 is 4.79 Å². The van der Waals surface area contributed by atoms with Crippen LogP contribution in [0.2, 0.25) is 10.2 Å². The number of rotatable bonds is 3. The number of hydrogen-bond acceptors (Lipinski definition) is 4. The molecular weight excluding hydrogens is 353 g/mol. The predicted octanol–water partition coefficient (Wildman–Crippen LogP) is 4.56. The fourth-order valence-electron chi connectivity index (χ4n) is 2.87. The molecule has 0 bridgehead atoms. The summed E-state index contributed by atoms with van der Waals surface area (Å²) in [5.74, 6) is -0.168. The Bertz CT molecular complexity index is 727. The molecule has 0 radical (unpaired) electrons. The number of nitrogens with zero attached hydrogens (tertiary/aromatic N) is 3. The van der Waals surface area contributed by atoms with Gasteiger partial charge in [0.05, 0.1) is 21.6 Å². The lowest BCUT2D eigenvalue weighted by Crippen LogP contribution is -2.33. The summed E-state index contributed by atoms with van der Waals surface area (Å²) in [5, 5.41) is 1.77. The van der Waals surface area contributed by atoms with E-state index in [2.05, 4.69) is 16.9 Å². The molecule has 2 aromatic heterocycles. The molecular formula is C16H17Cl2N3OS. The number of hydrogen-bond donors (Lipinski definition) is 0. The first-order chi connectivity index (χ1) is 11.0. The van der Waals surface area contributed by atoms with E-state index in [0.29, 0.717) is 5.02 Å². The third-order valence-electron chi connectivity index (χ3n) is 4.03. The van der Waals surface area contributed by atoms with Gasteiger partial charge in [-0.05, 0) is 37.8 Å². The summed E-state index contributed by atoms with van der Waals surface area (Å²) in [6, 6.07) is 3.12. The number of halogens is 2. The lowest BCUT2D eigenvalue weighted by Gasteiger charge is -2.30. The van der Waals surface area contributed by atoms with Crippen LogP contribution < -0.4 is 0 Å². The fraction of sp³-hybridized carbons (Fsp3) is 0.438. The molecule has 0 saturated carbocycles. The molecule has 1 aliphatic carbocycles. The molecule has 0 fully saturated rings. The average Bonchev–Trinajstić information content (AvgIpc) is 2.95. The van der Waals surface area contributed by atoms with Crippen molar-refractivity contribution in [3.8, 4) is 0 Å². The van der Waals surface area contributed by atoms with E-state index in [1.54, 1.807) is 22.3 Å². The molecule has 122 valence electrons. The average molecular weight is 370 g/mol. The smallest absolute Gasteiger partial charge is 0.272 e. The van der Waals surface area contributed by atoms with Gasteiger partial charge in [-0.2, -0.15) is 0 Å². The highest BCUT2D eigenvalue weighted by Crippen LogP contribution is 2.38. The summed E-state index contributed by atoms with van der Waals surface area (Å²) in [6.07, 6.45) is 3.89. The molecule has 7 heteroatoms. The molecule has 0 N–H and O–H groups in total. The molecule has 1 atom stereocenters. The van der Waals surface area contributed by atoms with Crippen LogP contribution >= 0.6 is 34.5 Å². The van der Waals surface area contributed by atoms with Gasteiger partial charge >= 0.3 is 0 Å². The zero-order chi connectivity index (χ0) is 16.6. The van der Waals surface area contributed by atoms with Gasteiger partial charge in [0.15, 0.2) is 0 Å². The number of fused-ring (bicyclic) bond motifs is 1. The van der Waals surface area contributed by atoms with Crippen LogP contribution in [0, 0.1) is 0 Å². The molecule has 3 rings (SSSR count). The topological polar surface area (TPSA) is 46.1 Å². The number of carbonyl (C=O) groups is 1. The van der Waals surface area contributed by atoms with Gasteiger partial charge in [-0.1, -0.05) is 30.1 Å². The van der Waals surface area contributed by atoms with Crippen LogP contribution in [0.5, 0.6) is 0 Å². The van der Waals surface area contributed by atoms with Crippen LogP contribution in [0.15, 0.2) is 12.1 Å². The van der Waals surface area contributed by atoms with E-state index in [0.717, 1.165) is 36.4 Å². The summed E-state index contributed by atoms with van der Waals surface area (Å²) in [4.78, 5) is 24.5. The highest BCUT2D eigenvalue weighted by atomic mass is 35.5. The normalized spacial score (nSPS) is 17.0. The molecule has 2 aromatic rings. The van der Waals surface area contributed by atoms with Crippen LogP contribution in [0.4, 0.5) is 0 Å². The van der Waals surface area contributed by atoms with Gasteiger partial charge in [0.1, 0.15) is 10.8 Å². The van der Waals surface area contributed by atoms with Gasteiger partial charge in [-0.15, -0.1) is 11.3 Å². The van der Waals surface area contributed by atoms with E-state index < -0.39 is 0 Å². The lowest BCUT2D eigenvalue weighted by molar-refractivity contribution is 0.0712. The first kappa shape index (κ1) is 16.7. The Balaban J connectivity index is 1.90. The Morgan fingerprint density at radius 1 is 1.39 bits per heavy atom. The SMILES string of the molecule is CCc1nc2c(s1)C(N(C)C(=O)c1cc(Cl)cc(Cl)n1)CCC2. The Hall–Kier alpha value is -1.17. The van der Waals surface area contributed by atoms with Crippen LogP contribution in [-0.2, 0) is 12.8 Å². The summed E-state index contributed by atoms with van der Waals surface area (Å²) in [7, 11) is 1.81. The van der Waals surface area contributed by atoms with E-state index in [-0.39, 0.29) is 22.8 Å². The predicted molar refractivity (Wildman–Crippen MR) is 93.5 cm³/mol. The number of aromatic nitrogens is 2. The maximum atomic E-state index is 12.8. The van der Waals surface area contributed by atoms with Gasteiger partial charge in [-0.3, -0.25) is 4.79 Å². The van der Waals surface area contributed by atoms with Crippen LogP contribution in [-0.4, -0.2) is 27.8 Å². The second-order valence-corrected chi connectivity index (χ2v) is 7.53. The first-order valence-electron chi connectivity index (χ1n) is 7.58. The minimum Gasteiger partial charge on any atom is -0.332 e. The standard InChI is InChI=1S/C16H17Cl2N3OS/c1-3-14-20-10-5-4-6-12(15(10)23-14)21(2)16(22)11-7-9(17)8-13(18)19-11/h7-8,12H,3-6H2,1-2H3. The van der Waals surface area contributed by atoms with Crippen molar-refractivity contribution >= 4 is 40.4 Å². The Morgan fingerprint density at radius 2 is 2.17 bits per heavy atom. The van der Waals surface area contributed by atoms with Gasteiger partial charge in [-0.25, -0.2) is 9.97 Å². The van der Waals surface area contributed by atoms with Crippen molar-refractivity contribution in [3.05, 3.63) is 43.6 Å².